The number of hydrogen-bond donors (Lipinski definition) is 1. The molecule has 0 radical (unpaired) electrons. The van der Waals surface area contributed by atoms with Crippen LogP contribution < -0.4 is 14.4 Å². The number of sulfonamides is 1. The molecule has 2 amide bonds. The monoisotopic (exact) mass is 681 g/mol. The van der Waals surface area contributed by atoms with Gasteiger partial charge in [-0.05, 0) is 60.9 Å². The summed E-state index contributed by atoms with van der Waals surface area (Å²) in [5.41, 5.74) is 1.57. The smallest absolute Gasteiger partial charge is 0.264 e. The van der Waals surface area contributed by atoms with E-state index in [1.54, 1.807) is 49.6 Å². The molecule has 46 heavy (non-hydrogen) atoms. The third-order valence-electron chi connectivity index (χ3n) is 7.57. The maximum absolute atomic E-state index is 14.6. The number of halogens is 2. The molecule has 8 nitrogen and oxygen atoms in total. The van der Waals surface area contributed by atoms with E-state index >= 15 is 0 Å². The first-order chi connectivity index (χ1) is 22.0. The van der Waals surface area contributed by atoms with Crippen LogP contribution in [0.15, 0.2) is 108 Å². The van der Waals surface area contributed by atoms with E-state index in [2.05, 4.69) is 5.32 Å². The van der Waals surface area contributed by atoms with Gasteiger partial charge in [0.05, 0.1) is 27.7 Å². The van der Waals surface area contributed by atoms with Crippen LogP contribution in [-0.2, 0) is 32.6 Å². The molecule has 0 aromatic heterocycles. The van der Waals surface area contributed by atoms with E-state index in [0.717, 1.165) is 9.87 Å². The number of ether oxygens (including phenoxy) is 1. The fourth-order valence-corrected chi connectivity index (χ4v) is 6.78. The number of anilines is 1. The van der Waals surface area contributed by atoms with E-state index in [4.69, 9.17) is 27.9 Å². The summed E-state index contributed by atoms with van der Waals surface area (Å²) in [4.78, 5) is 29.9. The van der Waals surface area contributed by atoms with Gasteiger partial charge in [0.15, 0.2) is 0 Å². The van der Waals surface area contributed by atoms with Gasteiger partial charge in [-0.1, -0.05) is 96.9 Å². The Labute approximate surface area is 280 Å². The third-order valence-corrected chi connectivity index (χ3v) is 10.2. The van der Waals surface area contributed by atoms with Crippen molar-refractivity contribution in [2.75, 3.05) is 18.0 Å². The number of nitrogens with one attached hydrogen (secondary N) is 1. The number of carbonyl (C=O) groups is 2. The van der Waals surface area contributed by atoms with Gasteiger partial charge in [-0.2, -0.15) is 0 Å². The SMILES string of the molecule is CC[C@H](C)NC(=O)[C@H](Cc1ccccc1)N(Cc1cccc(OC)c1)C(=O)CN(c1cccc(Cl)c1Cl)S(=O)(=O)c1ccccc1. The topological polar surface area (TPSA) is 96.0 Å². The first kappa shape index (κ1) is 34.8. The number of rotatable bonds is 14. The van der Waals surface area contributed by atoms with Gasteiger partial charge in [-0.15, -0.1) is 0 Å². The van der Waals surface area contributed by atoms with Crippen LogP contribution in [0, 0.1) is 0 Å². The highest BCUT2D eigenvalue weighted by atomic mass is 35.5. The summed E-state index contributed by atoms with van der Waals surface area (Å²) >= 11 is 12.9. The molecule has 242 valence electrons. The van der Waals surface area contributed by atoms with Gasteiger partial charge >= 0.3 is 0 Å². The van der Waals surface area contributed by atoms with Crippen LogP contribution in [0.1, 0.15) is 31.4 Å². The molecule has 0 aliphatic heterocycles. The highest BCUT2D eigenvalue weighted by Crippen LogP contribution is 2.35. The van der Waals surface area contributed by atoms with Crippen molar-refractivity contribution in [3.63, 3.8) is 0 Å². The lowest BCUT2D eigenvalue weighted by molar-refractivity contribution is -0.140. The van der Waals surface area contributed by atoms with Crippen LogP contribution >= 0.6 is 23.2 Å². The molecule has 0 heterocycles. The molecule has 2 atom stereocenters. The Hall–Kier alpha value is -4.05. The summed E-state index contributed by atoms with van der Waals surface area (Å²) in [5.74, 6) is -0.390. The lowest BCUT2D eigenvalue weighted by Crippen LogP contribution is -2.54. The Morgan fingerprint density at radius 2 is 1.50 bits per heavy atom. The van der Waals surface area contributed by atoms with Gasteiger partial charge in [-0.3, -0.25) is 13.9 Å². The number of benzene rings is 4. The van der Waals surface area contributed by atoms with Crippen molar-refractivity contribution >= 4 is 50.7 Å². The van der Waals surface area contributed by atoms with Crippen LogP contribution in [0.5, 0.6) is 5.75 Å². The molecule has 0 unspecified atom stereocenters. The predicted molar refractivity (Wildman–Crippen MR) is 183 cm³/mol. The highest BCUT2D eigenvalue weighted by molar-refractivity contribution is 7.92. The van der Waals surface area contributed by atoms with Gasteiger partial charge in [0.2, 0.25) is 11.8 Å². The number of hydrogen-bond acceptors (Lipinski definition) is 5. The van der Waals surface area contributed by atoms with E-state index in [1.807, 2.05) is 50.2 Å². The zero-order valence-corrected chi connectivity index (χ0v) is 28.2. The van der Waals surface area contributed by atoms with Crippen LogP contribution in [0.4, 0.5) is 5.69 Å². The first-order valence-corrected chi connectivity index (χ1v) is 17.0. The fraction of sp³-hybridized carbons (Fsp3) is 0.257. The molecule has 0 fully saturated rings. The Kier molecular flexibility index (Phi) is 12.1. The second-order valence-electron chi connectivity index (χ2n) is 10.8. The molecule has 0 saturated heterocycles. The van der Waals surface area contributed by atoms with Gasteiger partial charge in [-0.25, -0.2) is 8.42 Å². The van der Waals surface area contributed by atoms with E-state index in [1.165, 1.54) is 29.2 Å². The van der Waals surface area contributed by atoms with Crippen molar-refractivity contribution in [3.8, 4) is 5.75 Å². The van der Waals surface area contributed by atoms with E-state index in [-0.39, 0.29) is 45.5 Å². The molecule has 11 heteroatoms. The predicted octanol–water partition coefficient (Wildman–Crippen LogP) is 6.75. The molecule has 4 aromatic carbocycles. The summed E-state index contributed by atoms with van der Waals surface area (Å²) in [6, 6.07) is 27.8. The number of nitrogens with zero attached hydrogens (tertiary/aromatic N) is 2. The Morgan fingerprint density at radius 1 is 0.870 bits per heavy atom. The molecule has 0 bridgehead atoms. The summed E-state index contributed by atoms with van der Waals surface area (Å²) in [6.07, 6.45) is 0.881. The molecular formula is C35H37Cl2N3O5S. The number of amides is 2. The summed E-state index contributed by atoms with van der Waals surface area (Å²) in [6.45, 7) is 3.20. The van der Waals surface area contributed by atoms with Crippen molar-refractivity contribution in [2.24, 2.45) is 0 Å². The average Bonchev–Trinajstić information content (AvgIpc) is 3.07. The van der Waals surface area contributed by atoms with Crippen molar-refractivity contribution < 1.29 is 22.7 Å². The van der Waals surface area contributed by atoms with Crippen molar-refractivity contribution in [3.05, 3.63) is 124 Å². The molecule has 4 rings (SSSR count). The molecule has 0 aliphatic rings. The molecular weight excluding hydrogens is 645 g/mol. The molecule has 0 spiro atoms. The quantitative estimate of drug-likeness (QED) is 0.159. The summed E-state index contributed by atoms with van der Waals surface area (Å²) in [5, 5.41) is 3.13. The number of carbonyl (C=O) groups excluding carboxylic acids is 2. The second kappa shape index (κ2) is 16.0. The van der Waals surface area contributed by atoms with Gasteiger partial charge < -0.3 is 15.0 Å². The summed E-state index contributed by atoms with van der Waals surface area (Å²) in [7, 11) is -2.77. The number of methoxy groups -OCH3 is 1. The zero-order chi connectivity index (χ0) is 33.3. The first-order valence-electron chi connectivity index (χ1n) is 14.8. The molecule has 0 aliphatic carbocycles. The minimum Gasteiger partial charge on any atom is -0.497 e. The fourth-order valence-electron chi connectivity index (χ4n) is 4.88. The lowest BCUT2D eigenvalue weighted by Gasteiger charge is -2.34. The second-order valence-corrected chi connectivity index (χ2v) is 13.4. The summed E-state index contributed by atoms with van der Waals surface area (Å²) < 4.78 is 34.6. The largest absolute Gasteiger partial charge is 0.497 e. The van der Waals surface area contributed by atoms with Crippen molar-refractivity contribution in [2.45, 2.75) is 50.2 Å². The average molecular weight is 683 g/mol. The van der Waals surface area contributed by atoms with Gasteiger partial charge in [0.25, 0.3) is 10.0 Å². The minimum atomic E-state index is -4.31. The van der Waals surface area contributed by atoms with Crippen molar-refractivity contribution in [1.29, 1.82) is 0 Å². The van der Waals surface area contributed by atoms with Gasteiger partial charge in [0, 0.05) is 19.0 Å². The van der Waals surface area contributed by atoms with Crippen LogP contribution in [0.2, 0.25) is 10.0 Å². The van der Waals surface area contributed by atoms with E-state index in [0.29, 0.717) is 17.7 Å². The maximum Gasteiger partial charge on any atom is 0.264 e. The Bertz CT molecular complexity index is 1740. The van der Waals surface area contributed by atoms with E-state index in [9.17, 15) is 18.0 Å². The van der Waals surface area contributed by atoms with Crippen molar-refractivity contribution in [1.82, 2.24) is 10.2 Å². The molecule has 4 aromatic rings. The van der Waals surface area contributed by atoms with Gasteiger partial charge in [0.1, 0.15) is 18.3 Å². The van der Waals surface area contributed by atoms with Crippen LogP contribution in [0.25, 0.3) is 0 Å². The standard InChI is InChI=1S/C35H37Cl2N3O5S/c1-4-25(2)38-35(42)32(22-26-13-7-5-8-14-26)39(23-27-15-11-16-28(21-27)45-3)33(41)24-40(31-20-12-19-30(36)34(31)37)46(43,44)29-17-9-6-10-18-29/h5-21,25,32H,4,22-24H2,1-3H3,(H,38,42)/t25-,32-/m0/s1. The van der Waals surface area contributed by atoms with Crippen LogP contribution in [0.3, 0.4) is 0 Å². The maximum atomic E-state index is 14.6. The molecule has 1 N–H and O–H groups in total. The Balaban J connectivity index is 1.84. The zero-order valence-electron chi connectivity index (χ0n) is 25.9. The van der Waals surface area contributed by atoms with Crippen LogP contribution in [-0.4, -0.2) is 50.9 Å². The normalized spacial score (nSPS) is 12.5. The van der Waals surface area contributed by atoms with E-state index < -0.39 is 28.5 Å². The lowest BCUT2D eigenvalue weighted by atomic mass is 10.0. The molecule has 0 saturated carbocycles. The third kappa shape index (κ3) is 8.60. The Morgan fingerprint density at radius 3 is 2.15 bits per heavy atom. The minimum absolute atomic E-state index is 0.00393. The highest BCUT2D eigenvalue weighted by Gasteiger charge is 2.35.